The van der Waals surface area contributed by atoms with Gasteiger partial charge in [0.05, 0.1) is 17.7 Å². The number of amides is 1. The number of carbonyl (C=O) groups is 1. The summed E-state index contributed by atoms with van der Waals surface area (Å²) in [6, 6.07) is 2.57. The average molecular weight is 481 g/mol. The summed E-state index contributed by atoms with van der Waals surface area (Å²) in [6.07, 6.45) is 12.6. The largest absolute Gasteiger partial charge is 0.355 e. The smallest absolute Gasteiger partial charge is 0.229 e. The molecule has 2 aromatic rings. The van der Waals surface area contributed by atoms with Crippen molar-refractivity contribution in [1.82, 2.24) is 30.3 Å². The maximum atomic E-state index is 13.9. The van der Waals surface area contributed by atoms with Crippen molar-refractivity contribution in [3.05, 3.63) is 23.5 Å². The maximum absolute atomic E-state index is 13.9. The Hall–Kier alpha value is -2.23. The fraction of sp³-hybridized carbons (Fsp3) is 0.731. The first kappa shape index (κ1) is 23.2. The van der Waals surface area contributed by atoms with Gasteiger partial charge in [-0.05, 0) is 51.4 Å². The number of rotatable bonds is 4. The van der Waals surface area contributed by atoms with Crippen LogP contribution >= 0.6 is 0 Å². The third kappa shape index (κ3) is 4.42. The quantitative estimate of drug-likeness (QED) is 0.617. The number of piperidine rings is 1. The Balaban J connectivity index is 1.25. The predicted octanol–water partition coefficient (Wildman–Crippen LogP) is 2.30. The van der Waals surface area contributed by atoms with Crippen LogP contribution < -0.4 is 21.5 Å². The highest BCUT2D eigenvalue weighted by Gasteiger charge is 2.42. The topological polar surface area (TPSA) is 104 Å². The molecular weight excluding hydrogens is 440 g/mol. The van der Waals surface area contributed by atoms with Crippen molar-refractivity contribution in [2.24, 2.45) is 17.6 Å². The molecule has 1 aliphatic carbocycles. The van der Waals surface area contributed by atoms with Crippen molar-refractivity contribution < 1.29 is 4.79 Å². The Kier molecular flexibility index (Phi) is 6.41. The molecule has 0 radical (unpaired) electrons. The van der Waals surface area contributed by atoms with Crippen molar-refractivity contribution in [2.75, 3.05) is 31.1 Å². The molecule has 3 saturated heterocycles. The minimum Gasteiger partial charge on any atom is -0.355 e. The van der Waals surface area contributed by atoms with E-state index in [4.69, 9.17) is 15.8 Å². The van der Waals surface area contributed by atoms with Crippen molar-refractivity contribution >= 4 is 17.4 Å². The highest BCUT2D eigenvalue weighted by molar-refractivity contribution is 5.81. The van der Waals surface area contributed by atoms with E-state index in [0.717, 1.165) is 74.6 Å². The number of fused-ring (bicyclic) bond motifs is 1. The van der Waals surface area contributed by atoms with Gasteiger partial charge in [-0.1, -0.05) is 19.3 Å². The van der Waals surface area contributed by atoms with Crippen molar-refractivity contribution in [1.29, 1.82) is 0 Å². The molecule has 3 aliphatic heterocycles. The monoisotopic (exact) mass is 480 g/mol. The number of hydrogen-bond donors (Lipinski definition) is 3. The van der Waals surface area contributed by atoms with Gasteiger partial charge in [0.2, 0.25) is 5.91 Å². The molecule has 1 amide bonds. The second kappa shape index (κ2) is 9.67. The molecule has 5 heterocycles. The van der Waals surface area contributed by atoms with Crippen LogP contribution in [0, 0.1) is 18.8 Å². The molecule has 4 atom stereocenters. The summed E-state index contributed by atoms with van der Waals surface area (Å²) in [5.41, 5.74) is 15.9. The van der Waals surface area contributed by atoms with Gasteiger partial charge in [-0.3, -0.25) is 15.6 Å². The summed E-state index contributed by atoms with van der Waals surface area (Å²) in [4.78, 5) is 23.3. The summed E-state index contributed by atoms with van der Waals surface area (Å²) in [7, 11) is 0. The minimum absolute atomic E-state index is 0.00192. The van der Waals surface area contributed by atoms with E-state index >= 15 is 0 Å². The number of aryl methyl sites for hydroxylation is 1. The standard InChI is InChI=1S/C26H40N8O/c1-17-15-34-23(29-25(17)32-12-10-19(27)16-32)13-21(31-34)22-9-5-6-11-33(22)26(35)20-14-28-30-24(20)18-7-3-2-4-8-18/h13,15,18-20,22,24,28,30H,2-12,14,16,27H2,1H3. The summed E-state index contributed by atoms with van der Waals surface area (Å²) in [6.45, 7) is 5.42. The molecule has 4 aliphatic rings. The molecule has 35 heavy (non-hydrogen) atoms. The zero-order valence-corrected chi connectivity index (χ0v) is 21.0. The third-order valence-corrected chi connectivity index (χ3v) is 8.77. The number of nitrogens with zero attached hydrogens (tertiary/aromatic N) is 5. The molecule has 2 aromatic heterocycles. The first-order chi connectivity index (χ1) is 17.1. The predicted molar refractivity (Wildman–Crippen MR) is 136 cm³/mol. The van der Waals surface area contributed by atoms with Crippen LogP contribution in [-0.4, -0.2) is 63.7 Å². The number of carbonyl (C=O) groups excluding carboxylic acids is 1. The van der Waals surface area contributed by atoms with Crippen molar-refractivity contribution in [2.45, 2.75) is 82.8 Å². The van der Waals surface area contributed by atoms with E-state index in [1.807, 2.05) is 4.52 Å². The van der Waals surface area contributed by atoms with E-state index in [1.165, 1.54) is 32.1 Å². The van der Waals surface area contributed by atoms with Gasteiger partial charge < -0.3 is 15.5 Å². The number of aromatic nitrogens is 3. The number of nitrogens with two attached hydrogens (primary N) is 1. The van der Waals surface area contributed by atoms with E-state index in [9.17, 15) is 4.79 Å². The molecule has 4 N–H and O–H groups in total. The Bertz CT molecular complexity index is 1060. The second-order valence-electron chi connectivity index (χ2n) is 11.2. The molecule has 0 aromatic carbocycles. The normalized spacial score (nSPS) is 30.5. The van der Waals surface area contributed by atoms with Gasteiger partial charge in [0, 0.05) is 56.1 Å². The average Bonchev–Trinajstić information content (AvgIpc) is 3.63. The number of hydrogen-bond acceptors (Lipinski definition) is 7. The Morgan fingerprint density at radius 1 is 1.09 bits per heavy atom. The molecule has 6 rings (SSSR count). The van der Waals surface area contributed by atoms with Crippen LogP contribution in [-0.2, 0) is 4.79 Å². The molecule has 0 bridgehead atoms. The number of anilines is 1. The van der Waals surface area contributed by atoms with E-state index in [2.05, 4.69) is 39.8 Å². The highest BCUT2D eigenvalue weighted by Crippen LogP contribution is 2.36. The van der Waals surface area contributed by atoms with Crippen LogP contribution in [0.3, 0.4) is 0 Å². The lowest BCUT2D eigenvalue weighted by Crippen LogP contribution is -2.48. The van der Waals surface area contributed by atoms with Crippen LogP contribution in [0.2, 0.25) is 0 Å². The molecule has 9 nitrogen and oxygen atoms in total. The van der Waals surface area contributed by atoms with Gasteiger partial charge in [0.1, 0.15) is 5.82 Å². The zero-order valence-electron chi connectivity index (χ0n) is 21.0. The Morgan fingerprint density at radius 3 is 2.71 bits per heavy atom. The fourth-order valence-corrected chi connectivity index (χ4v) is 6.89. The van der Waals surface area contributed by atoms with Gasteiger partial charge in [0.25, 0.3) is 0 Å². The van der Waals surface area contributed by atoms with E-state index < -0.39 is 0 Å². The van der Waals surface area contributed by atoms with E-state index in [0.29, 0.717) is 5.92 Å². The number of nitrogens with one attached hydrogen (secondary N) is 2. The second-order valence-corrected chi connectivity index (χ2v) is 11.2. The van der Waals surface area contributed by atoms with E-state index in [1.54, 1.807) is 0 Å². The molecule has 190 valence electrons. The van der Waals surface area contributed by atoms with Crippen LogP contribution in [0.4, 0.5) is 5.82 Å². The molecular formula is C26H40N8O. The molecule has 1 saturated carbocycles. The molecule has 0 spiro atoms. The summed E-state index contributed by atoms with van der Waals surface area (Å²) >= 11 is 0. The number of hydrazine groups is 1. The number of likely N-dealkylation sites (tertiary alicyclic amines) is 1. The summed E-state index contributed by atoms with van der Waals surface area (Å²) < 4.78 is 1.89. The van der Waals surface area contributed by atoms with Crippen molar-refractivity contribution in [3.63, 3.8) is 0 Å². The lowest BCUT2D eigenvalue weighted by atomic mass is 9.79. The van der Waals surface area contributed by atoms with Crippen LogP contribution in [0.25, 0.3) is 5.65 Å². The molecule has 4 fully saturated rings. The molecule has 4 unspecified atom stereocenters. The third-order valence-electron chi connectivity index (χ3n) is 8.77. The zero-order chi connectivity index (χ0) is 23.9. The Morgan fingerprint density at radius 2 is 1.91 bits per heavy atom. The maximum Gasteiger partial charge on any atom is 0.229 e. The minimum atomic E-state index is 0.00192. The van der Waals surface area contributed by atoms with Gasteiger partial charge in [-0.25, -0.2) is 9.50 Å². The van der Waals surface area contributed by atoms with Gasteiger partial charge in [-0.15, -0.1) is 0 Å². The highest BCUT2D eigenvalue weighted by atomic mass is 16.2. The SMILES string of the molecule is Cc1cn2nc(C3CCCCN3C(=O)C3CNNC3C3CCCCC3)cc2nc1N1CCC(N)C1. The fourth-order valence-electron chi connectivity index (χ4n) is 6.89. The van der Waals surface area contributed by atoms with Crippen LogP contribution in [0.5, 0.6) is 0 Å². The summed E-state index contributed by atoms with van der Waals surface area (Å²) in [5.74, 6) is 1.89. The van der Waals surface area contributed by atoms with Gasteiger partial charge in [-0.2, -0.15) is 5.10 Å². The first-order valence-corrected chi connectivity index (χ1v) is 13.7. The van der Waals surface area contributed by atoms with Crippen LogP contribution in [0.1, 0.15) is 75.1 Å². The van der Waals surface area contributed by atoms with E-state index in [-0.39, 0.29) is 30.0 Å². The Labute approximate surface area is 207 Å². The first-order valence-electron chi connectivity index (χ1n) is 13.7. The van der Waals surface area contributed by atoms with Gasteiger partial charge in [0.15, 0.2) is 5.65 Å². The van der Waals surface area contributed by atoms with Crippen LogP contribution in [0.15, 0.2) is 12.3 Å². The lowest BCUT2D eigenvalue weighted by molar-refractivity contribution is -0.140. The molecule has 9 heteroatoms. The lowest BCUT2D eigenvalue weighted by Gasteiger charge is -2.38. The summed E-state index contributed by atoms with van der Waals surface area (Å²) in [5, 5.41) is 4.93. The van der Waals surface area contributed by atoms with Crippen molar-refractivity contribution in [3.8, 4) is 0 Å². The van der Waals surface area contributed by atoms with Gasteiger partial charge >= 0.3 is 0 Å².